The first-order chi connectivity index (χ1) is 10.8. The summed E-state index contributed by atoms with van der Waals surface area (Å²) in [5, 5.41) is 11.6. The molecular weight excluding hydrogens is 367 g/mol. The van der Waals surface area contributed by atoms with Crippen molar-refractivity contribution in [1.82, 2.24) is 5.32 Å². The minimum atomic E-state index is -1.50. The van der Waals surface area contributed by atoms with Crippen molar-refractivity contribution in [3.05, 3.63) is 34.1 Å². The molecule has 0 aliphatic rings. The Morgan fingerprint density at radius 2 is 2.09 bits per heavy atom. The third-order valence-corrected chi connectivity index (χ3v) is 3.33. The van der Waals surface area contributed by atoms with E-state index in [0.29, 0.717) is 24.0 Å². The minimum Gasteiger partial charge on any atom is -0.379 e. The number of hydrogen-bond donors (Lipinski definition) is 1. The highest BCUT2D eigenvalue weighted by atomic mass is 79.9. The van der Waals surface area contributed by atoms with E-state index in [-0.39, 0.29) is 11.7 Å². The number of halogens is 2. The topological polar surface area (TPSA) is 79.2 Å². The van der Waals surface area contributed by atoms with E-state index in [1.54, 1.807) is 6.07 Å². The van der Waals surface area contributed by atoms with Gasteiger partial charge in [-0.3, -0.25) is 9.59 Å². The molecule has 1 N–H and O–H groups in total. The first kappa shape index (κ1) is 19.3. The molecule has 0 bridgehead atoms. The molecule has 1 aromatic rings. The van der Waals surface area contributed by atoms with Gasteiger partial charge in [-0.1, -0.05) is 15.9 Å². The van der Waals surface area contributed by atoms with Gasteiger partial charge in [0.1, 0.15) is 5.82 Å². The molecule has 0 saturated carbocycles. The van der Waals surface area contributed by atoms with Gasteiger partial charge in [0.15, 0.2) is 11.7 Å². The molecule has 5 nitrogen and oxygen atoms in total. The molecule has 0 aliphatic heterocycles. The zero-order valence-electron chi connectivity index (χ0n) is 12.9. The van der Waals surface area contributed by atoms with E-state index >= 15 is 0 Å². The number of amides is 1. The van der Waals surface area contributed by atoms with Crippen molar-refractivity contribution in [3.8, 4) is 6.07 Å². The Hall–Kier alpha value is -1.78. The van der Waals surface area contributed by atoms with E-state index < -0.39 is 23.4 Å². The second-order valence-electron chi connectivity index (χ2n) is 5.15. The summed E-state index contributed by atoms with van der Waals surface area (Å²) in [6.45, 7) is 4.57. The third kappa shape index (κ3) is 6.47. The van der Waals surface area contributed by atoms with Crippen molar-refractivity contribution in [2.45, 2.75) is 26.4 Å². The molecule has 124 valence electrons. The second kappa shape index (κ2) is 9.38. The Bertz CT molecular complexity index is 594. The summed E-state index contributed by atoms with van der Waals surface area (Å²) in [6, 6.07) is 5.23. The van der Waals surface area contributed by atoms with Crippen LogP contribution >= 0.6 is 15.9 Å². The summed E-state index contributed by atoms with van der Waals surface area (Å²) < 4.78 is 19.0. The van der Waals surface area contributed by atoms with Crippen molar-refractivity contribution in [2.75, 3.05) is 13.2 Å². The molecule has 0 aromatic heterocycles. The number of carbonyl (C=O) groups is 2. The number of benzene rings is 1. The summed E-state index contributed by atoms with van der Waals surface area (Å²) in [7, 11) is 0. The molecule has 7 heteroatoms. The van der Waals surface area contributed by atoms with Gasteiger partial charge in [0, 0.05) is 23.2 Å². The predicted molar refractivity (Wildman–Crippen MR) is 86.2 cm³/mol. The van der Waals surface area contributed by atoms with E-state index in [9.17, 15) is 14.0 Å². The first-order valence-corrected chi connectivity index (χ1v) is 7.93. The molecule has 0 radical (unpaired) electrons. The van der Waals surface area contributed by atoms with Gasteiger partial charge < -0.3 is 10.1 Å². The highest BCUT2D eigenvalue weighted by Crippen LogP contribution is 2.18. The number of ketones is 1. The van der Waals surface area contributed by atoms with Crippen LogP contribution in [0.25, 0.3) is 0 Å². The van der Waals surface area contributed by atoms with E-state index in [0.717, 1.165) is 6.07 Å². The van der Waals surface area contributed by atoms with Gasteiger partial charge >= 0.3 is 0 Å². The van der Waals surface area contributed by atoms with Crippen molar-refractivity contribution in [3.63, 3.8) is 0 Å². The highest BCUT2D eigenvalue weighted by Gasteiger charge is 2.27. The van der Waals surface area contributed by atoms with Crippen LogP contribution in [0.5, 0.6) is 0 Å². The average Bonchev–Trinajstić information content (AvgIpc) is 2.46. The number of nitrogens with zero attached hydrogens (tertiary/aromatic N) is 1. The highest BCUT2D eigenvalue weighted by molar-refractivity contribution is 9.10. The normalized spacial score (nSPS) is 11.8. The smallest absolute Gasteiger partial charge is 0.245 e. The van der Waals surface area contributed by atoms with Gasteiger partial charge in [0.05, 0.1) is 12.2 Å². The first-order valence-electron chi connectivity index (χ1n) is 7.14. The Balaban J connectivity index is 2.63. The van der Waals surface area contributed by atoms with Gasteiger partial charge in [0.2, 0.25) is 5.91 Å². The molecule has 0 heterocycles. The van der Waals surface area contributed by atoms with Gasteiger partial charge in [0.25, 0.3) is 0 Å². The number of carbonyl (C=O) groups excluding carboxylic acids is 2. The van der Waals surface area contributed by atoms with Crippen molar-refractivity contribution in [1.29, 1.82) is 5.26 Å². The largest absolute Gasteiger partial charge is 0.379 e. The molecule has 1 unspecified atom stereocenters. The Labute approximate surface area is 142 Å². The number of rotatable bonds is 8. The molecule has 0 spiro atoms. The lowest BCUT2D eigenvalue weighted by Crippen LogP contribution is -2.35. The fourth-order valence-corrected chi connectivity index (χ4v) is 2.27. The van der Waals surface area contributed by atoms with Gasteiger partial charge in [-0.2, -0.15) is 5.26 Å². The maximum Gasteiger partial charge on any atom is 0.245 e. The lowest BCUT2D eigenvalue weighted by Gasteiger charge is -2.11. The lowest BCUT2D eigenvalue weighted by molar-refractivity contribution is -0.122. The van der Waals surface area contributed by atoms with Crippen LogP contribution < -0.4 is 5.32 Å². The van der Waals surface area contributed by atoms with Gasteiger partial charge in [-0.05, 0) is 38.5 Å². The predicted octanol–water partition coefficient (Wildman–Crippen LogP) is 2.84. The fraction of sp³-hybridized carbons (Fsp3) is 0.438. The number of ether oxygens (including phenoxy) is 1. The summed E-state index contributed by atoms with van der Waals surface area (Å²) in [5.41, 5.74) is -0.0262. The maximum absolute atomic E-state index is 13.3. The molecule has 0 aliphatic carbocycles. The molecule has 0 saturated heterocycles. The summed E-state index contributed by atoms with van der Waals surface area (Å²) in [4.78, 5) is 24.2. The van der Waals surface area contributed by atoms with Crippen molar-refractivity contribution in [2.24, 2.45) is 5.92 Å². The Morgan fingerprint density at radius 1 is 1.39 bits per heavy atom. The molecular formula is C16H18BrFN2O3. The SMILES string of the molecule is CC(C)OCCCNC(=O)C(C#N)C(=O)c1cc(F)cc(Br)c1. The summed E-state index contributed by atoms with van der Waals surface area (Å²) >= 11 is 3.07. The van der Waals surface area contributed by atoms with Crippen LogP contribution in [0.15, 0.2) is 22.7 Å². The van der Waals surface area contributed by atoms with E-state index in [4.69, 9.17) is 10.00 Å². The lowest BCUT2D eigenvalue weighted by atomic mass is 9.98. The Kier molecular flexibility index (Phi) is 7.86. The standard InChI is InChI=1S/C16H18BrFN2O3/c1-10(2)23-5-3-4-20-16(22)14(9-19)15(21)11-6-12(17)8-13(18)7-11/h6-8,10,14H,3-5H2,1-2H3,(H,20,22). The third-order valence-electron chi connectivity index (χ3n) is 2.87. The molecule has 1 aromatic carbocycles. The van der Waals surface area contributed by atoms with Crippen LogP contribution in [-0.2, 0) is 9.53 Å². The minimum absolute atomic E-state index is 0.0262. The van der Waals surface area contributed by atoms with E-state index in [1.807, 2.05) is 13.8 Å². The van der Waals surface area contributed by atoms with Crippen LogP contribution in [0.2, 0.25) is 0 Å². The Morgan fingerprint density at radius 3 is 2.65 bits per heavy atom. The van der Waals surface area contributed by atoms with Crippen LogP contribution in [0.4, 0.5) is 4.39 Å². The van der Waals surface area contributed by atoms with Crippen LogP contribution in [-0.4, -0.2) is 30.9 Å². The van der Waals surface area contributed by atoms with E-state index in [1.165, 1.54) is 12.1 Å². The van der Waals surface area contributed by atoms with Gasteiger partial charge in [-0.15, -0.1) is 0 Å². The van der Waals surface area contributed by atoms with Crippen LogP contribution in [0, 0.1) is 23.1 Å². The summed E-state index contributed by atoms with van der Waals surface area (Å²) in [6.07, 6.45) is 0.674. The number of Topliss-reactive ketones (excluding diaryl/α,β-unsaturated/α-hetero) is 1. The molecule has 1 amide bonds. The zero-order chi connectivity index (χ0) is 17.4. The number of nitriles is 1. The molecule has 23 heavy (non-hydrogen) atoms. The fourth-order valence-electron chi connectivity index (χ4n) is 1.80. The van der Waals surface area contributed by atoms with E-state index in [2.05, 4.69) is 21.2 Å². The monoisotopic (exact) mass is 384 g/mol. The molecule has 0 fully saturated rings. The van der Waals surface area contributed by atoms with Gasteiger partial charge in [-0.25, -0.2) is 4.39 Å². The summed E-state index contributed by atoms with van der Waals surface area (Å²) in [5.74, 6) is -3.55. The number of hydrogen-bond acceptors (Lipinski definition) is 4. The van der Waals surface area contributed by atoms with Crippen LogP contribution in [0.1, 0.15) is 30.6 Å². The second-order valence-corrected chi connectivity index (χ2v) is 6.06. The van der Waals surface area contributed by atoms with Crippen LogP contribution in [0.3, 0.4) is 0 Å². The molecule has 1 rings (SSSR count). The maximum atomic E-state index is 13.3. The van der Waals surface area contributed by atoms with Crippen molar-refractivity contribution < 1.29 is 18.7 Å². The van der Waals surface area contributed by atoms with Crippen molar-refractivity contribution >= 4 is 27.6 Å². The zero-order valence-corrected chi connectivity index (χ0v) is 14.5. The quantitative estimate of drug-likeness (QED) is 0.424. The average molecular weight is 385 g/mol. The number of nitrogens with one attached hydrogen (secondary N) is 1. The molecule has 1 atom stereocenters.